The summed E-state index contributed by atoms with van der Waals surface area (Å²) in [5.74, 6) is -0.960. The van der Waals surface area contributed by atoms with E-state index < -0.39 is 37.7 Å². The standard InChI is InChI=1S/C23H22FN5O6S2/c1-36(31,32)22-11-15(7-9-26-22)20(8-10-35-37(2,33)34)28-23(30)19-12-25-14-21-18(19)13-27-29(21)17-5-3-16(24)4-6-17/h3-7,9,11-14,20H,8,10H2,1-2H3,(H,28,30)/t20-/m0/s1. The number of nitrogens with zero attached hydrogens (tertiary/aromatic N) is 4. The maximum atomic E-state index is 13.3. The Hall–Kier alpha value is -3.75. The van der Waals surface area contributed by atoms with Gasteiger partial charge in [-0.2, -0.15) is 13.5 Å². The zero-order valence-electron chi connectivity index (χ0n) is 19.7. The monoisotopic (exact) mass is 547 g/mol. The molecule has 0 aliphatic carbocycles. The normalized spacial score (nSPS) is 12.9. The molecule has 1 amide bonds. The van der Waals surface area contributed by atoms with Gasteiger partial charge in [0, 0.05) is 24.0 Å². The summed E-state index contributed by atoms with van der Waals surface area (Å²) in [5, 5.41) is 7.37. The predicted octanol–water partition coefficient (Wildman–Crippen LogP) is 2.20. The molecule has 0 unspecified atom stereocenters. The van der Waals surface area contributed by atoms with Crippen molar-refractivity contribution in [1.82, 2.24) is 25.1 Å². The second-order valence-corrected chi connectivity index (χ2v) is 11.8. The van der Waals surface area contributed by atoms with Gasteiger partial charge in [0.05, 0.1) is 48.1 Å². The third-order valence-electron chi connectivity index (χ3n) is 5.36. The van der Waals surface area contributed by atoms with Crippen molar-refractivity contribution in [2.75, 3.05) is 19.1 Å². The molecule has 3 heterocycles. The minimum atomic E-state index is -3.73. The molecule has 3 aromatic heterocycles. The van der Waals surface area contributed by atoms with E-state index in [0.717, 1.165) is 12.5 Å². The summed E-state index contributed by atoms with van der Waals surface area (Å²) in [6, 6.07) is 7.66. The molecule has 0 spiro atoms. The van der Waals surface area contributed by atoms with Crippen LogP contribution in [0.5, 0.6) is 0 Å². The van der Waals surface area contributed by atoms with Gasteiger partial charge in [-0.25, -0.2) is 22.5 Å². The molecule has 0 aliphatic heterocycles. The van der Waals surface area contributed by atoms with Crippen molar-refractivity contribution < 1.29 is 30.2 Å². The van der Waals surface area contributed by atoms with Gasteiger partial charge in [0.2, 0.25) is 0 Å². The van der Waals surface area contributed by atoms with E-state index >= 15 is 0 Å². The van der Waals surface area contributed by atoms with Crippen LogP contribution >= 0.6 is 0 Å². The van der Waals surface area contributed by atoms with Crippen LogP contribution in [-0.2, 0) is 24.1 Å². The molecule has 4 rings (SSSR count). The van der Waals surface area contributed by atoms with E-state index in [-0.39, 0.29) is 23.6 Å². The van der Waals surface area contributed by atoms with Crippen LogP contribution in [0, 0.1) is 5.82 Å². The number of hydrogen-bond acceptors (Lipinski definition) is 9. The van der Waals surface area contributed by atoms with Crippen LogP contribution in [-0.4, -0.2) is 61.6 Å². The van der Waals surface area contributed by atoms with E-state index in [4.69, 9.17) is 4.18 Å². The molecule has 4 aromatic rings. The number of sulfone groups is 1. The number of hydrogen-bond donors (Lipinski definition) is 1. The molecule has 37 heavy (non-hydrogen) atoms. The highest BCUT2D eigenvalue weighted by molar-refractivity contribution is 7.90. The number of rotatable bonds is 9. The van der Waals surface area contributed by atoms with Crippen LogP contribution in [0.25, 0.3) is 16.6 Å². The van der Waals surface area contributed by atoms with Crippen molar-refractivity contribution in [2.45, 2.75) is 17.5 Å². The van der Waals surface area contributed by atoms with Crippen LogP contribution in [0.15, 0.2) is 66.2 Å². The average molecular weight is 548 g/mol. The molecule has 0 bridgehead atoms. The molecular formula is C23H22FN5O6S2. The van der Waals surface area contributed by atoms with Gasteiger partial charge in [0.25, 0.3) is 16.0 Å². The lowest BCUT2D eigenvalue weighted by Gasteiger charge is -2.19. The first-order valence-electron chi connectivity index (χ1n) is 10.8. The molecule has 194 valence electrons. The summed E-state index contributed by atoms with van der Waals surface area (Å²) in [6.07, 6.45) is 7.56. The predicted molar refractivity (Wildman–Crippen MR) is 132 cm³/mol. The topological polar surface area (TPSA) is 150 Å². The van der Waals surface area contributed by atoms with Gasteiger partial charge in [0.1, 0.15) is 5.82 Å². The summed E-state index contributed by atoms with van der Waals surface area (Å²) in [5.41, 5.74) is 1.64. The Morgan fingerprint density at radius 3 is 2.49 bits per heavy atom. The summed E-state index contributed by atoms with van der Waals surface area (Å²) in [6.45, 7) is -0.259. The Morgan fingerprint density at radius 2 is 1.81 bits per heavy atom. The van der Waals surface area contributed by atoms with Crippen LogP contribution < -0.4 is 5.32 Å². The number of carbonyl (C=O) groups excluding carboxylic acids is 1. The molecule has 0 aliphatic rings. The number of pyridine rings is 2. The van der Waals surface area contributed by atoms with Gasteiger partial charge in [-0.1, -0.05) is 0 Å². The Bertz CT molecular complexity index is 1670. The summed E-state index contributed by atoms with van der Waals surface area (Å²) < 4.78 is 66.5. The van der Waals surface area contributed by atoms with Crippen LogP contribution in [0.4, 0.5) is 4.39 Å². The highest BCUT2D eigenvalue weighted by Crippen LogP contribution is 2.24. The van der Waals surface area contributed by atoms with E-state index in [1.165, 1.54) is 65.9 Å². The summed E-state index contributed by atoms with van der Waals surface area (Å²) in [4.78, 5) is 21.3. The van der Waals surface area contributed by atoms with Crippen molar-refractivity contribution in [3.05, 3.63) is 78.1 Å². The SMILES string of the molecule is CS(=O)(=O)OCC[C@H](NC(=O)c1cncc2c1cnn2-c1ccc(F)cc1)c1ccnc(S(C)(=O)=O)c1. The molecule has 14 heteroatoms. The smallest absolute Gasteiger partial charge is 0.264 e. The number of aromatic nitrogens is 4. The van der Waals surface area contributed by atoms with Gasteiger partial charge in [0.15, 0.2) is 14.9 Å². The Labute approximate surface area is 212 Å². The fourth-order valence-corrected chi connectivity index (χ4v) is 4.63. The van der Waals surface area contributed by atoms with E-state index in [9.17, 15) is 26.0 Å². The summed E-state index contributed by atoms with van der Waals surface area (Å²) >= 11 is 0. The second-order valence-electron chi connectivity index (χ2n) is 8.19. The Kier molecular flexibility index (Phi) is 7.34. The lowest BCUT2D eigenvalue weighted by molar-refractivity contribution is 0.0933. The third kappa shape index (κ3) is 6.34. The lowest BCUT2D eigenvalue weighted by Crippen LogP contribution is -2.30. The highest BCUT2D eigenvalue weighted by Gasteiger charge is 2.22. The van der Waals surface area contributed by atoms with Crippen molar-refractivity contribution in [1.29, 1.82) is 0 Å². The number of carbonyl (C=O) groups is 1. The quantitative estimate of drug-likeness (QED) is 0.311. The molecule has 1 N–H and O–H groups in total. The van der Waals surface area contributed by atoms with Gasteiger partial charge in [-0.05, 0) is 48.4 Å². The number of amides is 1. The number of halogens is 1. The molecule has 1 atom stereocenters. The van der Waals surface area contributed by atoms with Crippen LogP contribution in [0.2, 0.25) is 0 Å². The zero-order chi connectivity index (χ0) is 26.8. The zero-order valence-corrected chi connectivity index (χ0v) is 21.3. The Balaban J connectivity index is 1.67. The molecule has 0 saturated heterocycles. The first-order valence-corrected chi connectivity index (χ1v) is 14.5. The van der Waals surface area contributed by atoms with Gasteiger partial charge in [-0.15, -0.1) is 0 Å². The number of benzene rings is 1. The maximum absolute atomic E-state index is 13.3. The van der Waals surface area contributed by atoms with Gasteiger partial charge < -0.3 is 5.32 Å². The number of nitrogens with one attached hydrogen (secondary N) is 1. The maximum Gasteiger partial charge on any atom is 0.264 e. The highest BCUT2D eigenvalue weighted by atomic mass is 32.2. The van der Waals surface area contributed by atoms with Crippen LogP contribution in [0.3, 0.4) is 0 Å². The van der Waals surface area contributed by atoms with E-state index in [1.807, 2.05) is 0 Å². The van der Waals surface area contributed by atoms with Crippen molar-refractivity contribution >= 4 is 36.8 Å². The molecular weight excluding hydrogens is 525 g/mol. The molecule has 1 aromatic carbocycles. The Morgan fingerprint density at radius 1 is 1.08 bits per heavy atom. The number of fused-ring (bicyclic) bond motifs is 1. The van der Waals surface area contributed by atoms with E-state index in [1.54, 1.807) is 0 Å². The minimum absolute atomic E-state index is 0.0181. The van der Waals surface area contributed by atoms with Crippen LogP contribution in [0.1, 0.15) is 28.4 Å². The van der Waals surface area contributed by atoms with Gasteiger partial charge in [-0.3, -0.25) is 14.0 Å². The molecule has 0 fully saturated rings. The average Bonchev–Trinajstić information content (AvgIpc) is 3.27. The first kappa shape index (κ1) is 26.3. The van der Waals surface area contributed by atoms with Gasteiger partial charge >= 0.3 is 0 Å². The van der Waals surface area contributed by atoms with E-state index in [2.05, 4.69) is 20.4 Å². The lowest BCUT2D eigenvalue weighted by atomic mass is 10.0. The fourth-order valence-electron chi connectivity index (χ4n) is 3.63. The first-order chi connectivity index (χ1) is 17.4. The minimum Gasteiger partial charge on any atom is -0.345 e. The largest absolute Gasteiger partial charge is 0.345 e. The third-order valence-corrected chi connectivity index (χ3v) is 6.94. The van der Waals surface area contributed by atoms with E-state index in [0.29, 0.717) is 22.2 Å². The summed E-state index contributed by atoms with van der Waals surface area (Å²) in [7, 11) is -7.37. The molecule has 0 radical (unpaired) electrons. The molecule has 11 nitrogen and oxygen atoms in total. The van der Waals surface area contributed by atoms with Crippen molar-refractivity contribution in [3.63, 3.8) is 0 Å². The molecule has 0 saturated carbocycles. The second kappa shape index (κ2) is 10.3. The van der Waals surface area contributed by atoms with Crippen molar-refractivity contribution in [3.8, 4) is 5.69 Å². The fraction of sp³-hybridized carbons (Fsp3) is 0.217. The van der Waals surface area contributed by atoms with Crippen molar-refractivity contribution in [2.24, 2.45) is 0 Å².